The smallest absolute Gasteiger partial charge is 0.251 e. The van der Waals surface area contributed by atoms with Crippen LogP contribution in [0.1, 0.15) is 19.8 Å². The lowest BCUT2D eigenvalue weighted by molar-refractivity contribution is -0.123. The van der Waals surface area contributed by atoms with Gasteiger partial charge in [0.2, 0.25) is 11.8 Å². The molecule has 7 nitrogen and oxygen atoms in total. The van der Waals surface area contributed by atoms with E-state index < -0.39 is 0 Å². The Kier molecular flexibility index (Phi) is 5.15. The second-order valence-corrected chi connectivity index (χ2v) is 6.71. The van der Waals surface area contributed by atoms with Crippen molar-refractivity contribution in [1.82, 2.24) is 9.80 Å². The third-order valence-corrected chi connectivity index (χ3v) is 4.76. The number of rotatable bonds is 3. The number of amides is 3. The van der Waals surface area contributed by atoms with Crippen LogP contribution in [0.4, 0.5) is 11.4 Å². The minimum atomic E-state index is -0.367. The predicted octanol–water partition coefficient (Wildman–Crippen LogP) is 0.914. The lowest BCUT2D eigenvalue weighted by Crippen LogP contribution is -2.43. The van der Waals surface area contributed by atoms with E-state index in [9.17, 15) is 14.4 Å². The molecule has 0 saturated carbocycles. The van der Waals surface area contributed by atoms with Crippen LogP contribution >= 0.6 is 0 Å². The Balaban J connectivity index is 1.73. The number of benzene rings is 1. The fraction of sp³-hybridized carbons (Fsp3) is 0.500. The SMILES string of the molecule is CC(=O)Nc1ccc(N2C(=O)C[C@H](N3CCCN(C)CC3)C2=O)cc1. The molecular formula is C18H24N4O3. The van der Waals surface area contributed by atoms with Gasteiger partial charge in [-0.25, -0.2) is 4.90 Å². The van der Waals surface area contributed by atoms with E-state index in [0.717, 1.165) is 32.6 Å². The van der Waals surface area contributed by atoms with Crippen molar-refractivity contribution in [2.75, 3.05) is 43.4 Å². The average molecular weight is 344 g/mol. The topological polar surface area (TPSA) is 73.0 Å². The van der Waals surface area contributed by atoms with Crippen LogP contribution in [0.15, 0.2) is 24.3 Å². The van der Waals surface area contributed by atoms with Gasteiger partial charge in [-0.1, -0.05) is 0 Å². The lowest BCUT2D eigenvalue weighted by atomic mass is 10.2. The zero-order chi connectivity index (χ0) is 18.0. The van der Waals surface area contributed by atoms with Crippen LogP contribution in [0.25, 0.3) is 0 Å². The molecule has 0 unspecified atom stereocenters. The second kappa shape index (κ2) is 7.33. The summed E-state index contributed by atoms with van der Waals surface area (Å²) in [6.45, 7) is 4.99. The summed E-state index contributed by atoms with van der Waals surface area (Å²) in [7, 11) is 2.08. The van der Waals surface area contributed by atoms with Crippen molar-refractivity contribution in [3.8, 4) is 0 Å². The summed E-state index contributed by atoms with van der Waals surface area (Å²) in [6, 6.07) is 6.42. The molecule has 1 aromatic carbocycles. The van der Waals surface area contributed by atoms with Crippen molar-refractivity contribution in [3.63, 3.8) is 0 Å². The van der Waals surface area contributed by atoms with E-state index >= 15 is 0 Å². The van der Waals surface area contributed by atoms with Gasteiger partial charge in [0.05, 0.1) is 18.2 Å². The Bertz CT molecular complexity index is 673. The van der Waals surface area contributed by atoms with Gasteiger partial charge in [-0.05, 0) is 44.3 Å². The van der Waals surface area contributed by atoms with Gasteiger partial charge in [-0.15, -0.1) is 0 Å². The molecule has 0 spiro atoms. The molecule has 0 bridgehead atoms. The molecule has 2 aliphatic heterocycles. The highest BCUT2D eigenvalue weighted by Crippen LogP contribution is 2.27. The number of hydrogen-bond acceptors (Lipinski definition) is 5. The molecule has 2 aliphatic rings. The van der Waals surface area contributed by atoms with Gasteiger partial charge < -0.3 is 10.2 Å². The quantitative estimate of drug-likeness (QED) is 0.826. The van der Waals surface area contributed by atoms with Gasteiger partial charge in [0, 0.05) is 32.2 Å². The van der Waals surface area contributed by atoms with Crippen molar-refractivity contribution in [1.29, 1.82) is 0 Å². The van der Waals surface area contributed by atoms with Crippen LogP contribution in [0.2, 0.25) is 0 Å². The minimum Gasteiger partial charge on any atom is -0.326 e. The van der Waals surface area contributed by atoms with E-state index in [2.05, 4.69) is 22.2 Å². The minimum absolute atomic E-state index is 0.151. The largest absolute Gasteiger partial charge is 0.326 e. The molecule has 2 heterocycles. The molecule has 3 rings (SSSR count). The maximum atomic E-state index is 12.9. The summed E-state index contributed by atoms with van der Waals surface area (Å²) in [6.07, 6.45) is 1.23. The highest BCUT2D eigenvalue weighted by Gasteiger charge is 2.42. The van der Waals surface area contributed by atoms with Crippen LogP contribution in [-0.2, 0) is 14.4 Å². The number of likely N-dealkylation sites (N-methyl/N-ethyl adjacent to an activating group) is 1. The highest BCUT2D eigenvalue weighted by atomic mass is 16.2. The van der Waals surface area contributed by atoms with E-state index in [-0.39, 0.29) is 30.2 Å². The summed E-state index contributed by atoms with van der Waals surface area (Å²) in [5.74, 6) is -0.478. The lowest BCUT2D eigenvalue weighted by Gasteiger charge is -2.25. The summed E-state index contributed by atoms with van der Waals surface area (Å²) in [4.78, 5) is 42.0. The monoisotopic (exact) mass is 344 g/mol. The third-order valence-electron chi connectivity index (χ3n) is 4.76. The first-order valence-electron chi connectivity index (χ1n) is 8.63. The first-order chi connectivity index (χ1) is 12.0. The molecule has 3 amide bonds. The normalized spacial score (nSPS) is 23.0. The van der Waals surface area contributed by atoms with E-state index in [1.165, 1.54) is 11.8 Å². The highest BCUT2D eigenvalue weighted by molar-refractivity contribution is 6.22. The maximum absolute atomic E-state index is 12.9. The maximum Gasteiger partial charge on any atom is 0.251 e. The fourth-order valence-corrected chi connectivity index (χ4v) is 3.45. The van der Waals surface area contributed by atoms with Gasteiger partial charge >= 0.3 is 0 Å². The molecule has 0 radical (unpaired) electrons. The third kappa shape index (κ3) is 3.88. The Morgan fingerprint density at radius 3 is 2.48 bits per heavy atom. The Labute approximate surface area is 147 Å². The summed E-state index contributed by atoms with van der Waals surface area (Å²) in [5.41, 5.74) is 1.20. The molecule has 0 aliphatic carbocycles. The summed E-state index contributed by atoms with van der Waals surface area (Å²) < 4.78 is 0. The molecule has 0 aromatic heterocycles. The molecule has 1 aromatic rings. The van der Waals surface area contributed by atoms with E-state index in [1.54, 1.807) is 24.3 Å². The average Bonchev–Trinajstić information content (AvgIpc) is 2.72. The van der Waals surface area contributed by atoms with E-state index in [0.29, 0.717) is 11.4 Å². The Morgan fingerprint density at radius 2 is 1.80 bits per heavy atom. The van der Waals surface area contributed by atoms with Crippen LogP contribution in [0.5, 0.6) is 0 Å². The number of nitrogens with zero attached hydrogens (tertiary/aromatic N) is 3. The van der Waals surface area contributed by atoms with Gasteiger partial charge in [0.25, 0.3) is 5.91 Å². The molecule has 25 heavy (non-hydrogen) atoms. The first-order valence-corrected chi connectivity index (χ1v) is 8.63. The van der Waals surface area contributed by atoms with Crippen LogP contribution < -0.4 is 10.2 Å². The summed E-state index contributed by atoms with van der Waals surface area (Å²) >= 11 is 0. The summed E-state index contributed by atoms with van der Waals surface area (Å²) in [5, 5.41) is 2.68. The van der Waals surface area contributed by atoms with E-state index in [1.807, 2.05) is 0 Å². The van der Waals surface area contributed by atoms with Gasteiger partial charge in [-0.3, -0.25) is 19.3 Å². The molecule has 1 N–H and O–H groups in total. The molecule has 7 heteroatoms. The van der Waals surface area contributed by atoms with E-state index in [4.69, 9.17) is 0 Å². The first kappa shape index (κ1) is 17.6. The van der Waals surface area contributed by atoms with Gasteiger partial charge in [-0.2, -0.15) is 0 Å². The fourth-order valence-electron chi connectivity index (χ4n) is 3.45. The molecule has 134 valence electrons. The van der Waals surface area contributed by atoms with Crippen molar-refractivity contribution >= 4 is 29.1 Å². The zero-order valence-electron chi connectivity index (χ0n) is 14.7. The van der Waals surface area contributed by atoms with Crippen molar-refractivity contribution in [3.05, 3.63) is 24.3 Å². The van der Waals surface area contributed by atoms with Crippen molar-refractivity contribution in [2.24, 2.45) is 0 Å². The number of nitrogens with one attached hydrogen (secondary N) is 1. The number of hydrogen-bond donors (Lipinski definition) is 1. The number of carbonyl (C=O) groups excluding carboxylic acids is 3. The molecule has 1 atom stereocenters. The van der Waals surface area contributed by atoms with Crippen LogP contribution in [0, 0.1) is 0 Å². The Morgan fingerprint density at radius 1 is 1.08 bits per heavy atom. The standard InChI is InChI=1S/C18H24N4O3/c1-13(23)19-14-4-6-15(7-5-14)22-17(24)12-16(18(22)25)21-9-3-8-20(2)10-11-21/h4-7,16H,3,8-12H2,1-2H3,(H,19,23)/t16-/m0/s1. The number of carbonyl (C=O) groups is 3. The van der Waals surface area contributed by atoms with Crippen molar-refractivity contribution < 1.29 is 14.4 Å². The van der Waals surface area contributed by atoms with Crippen molar-refractivity contribution in [2.45, 2.75) is 25.8 Å². The molecule has 2 saturated heterocycles. The van der Waals surface area contributed by atoms with Crippen LogP contribution in [-0.4, -0.2) is 66.8 Å². The Hall–Kier alpha value is -2.25. The molecular weight excluding hydrogens is 320 g/mol. The number of imide groups is 1. The van der Waals surface area contributed by atoms with Gasteiger partial charge in [0.1, 0.15) is 0 Å². The number of anilines is 2. The molecule has 2 fully saturated rings. The van der Waals surface area contributed by atoms with Crippen LogP contribution in [0.3, 0.4) is 0 Å². The zero-order valence-corrected chi connectivity index (χ0v) is 14.7. The van der Waals surface area contributed by atoms with Gasteiger partial charge in [0.15, 0.2) is 0 Å². The second-order valence-electron chi connectivity index (χ2n) is 6.71. The predicted molar refractivity (Wildman–Crippen MR) is 95.3 cm³/mol.